The molecule has 4 unspecified atom stereocenters. The number of Topliss-reactive ketones (excluding diaryl/α,β-unsaturated/α-hetero) is 1. The number of aliphatic hydroxyl groups is 1. The molecule has 53 heavy (non-hydrogen) atoms. The van der Waals surface area contributed by atoms with Crippen molar-refractivity contribution >= 4 is 29.7 Å². The van der Waals surface area contributed by atoms with Crippen molar-refractivity contribution in [3.05, 3.63) is 59.7 Å². The number of aliphatic hydroxyl groups excluding tert-OH is 1. The van der Waals surface area contributed by atoms with E-state index >= 15 is 0 Å². The summed E-state index contributed by atoms with van der Waals surface area (Å²) in [6.07, 6.45) is 5.98. The lowest BCUT2D eigenvalue weighted by molar-refractivity contribution is -0.169. The van der Waals surface area contributed by atoms with Crippen LogP contribution in [0.1, 0.15) is 128 Å². The molecule has 2 fully saturated rings. The van der Waals surface area contributed by atoms with E-state index < -0.39 is 59.6 Å². The summed E-state index contributed by atoms with van der Waals surface area (Å²) >= 11 is 0. The predicted molar refractivity (Wildman–Crippen MR) is 196 cm³/mol. The van der Waals surface area contributed by atoms with E-state index in [0.29, 0.717) is 41.9 Å². The Kier molecular flexibility index (Phi) is 14.6. The largest absolute Gasteiger partial charge is 0.462 e. The van der Waals surface area contributed by atoms with Gasteiger partial charge in [0.1, 0.15) is 35.4 Å². The number of ketones is 1. The van der Waals surface area contributed by atoms with E-state index in [4.69, 9.17) is 23.7 Å². The molecular weight excluding hydrogens is 680 g/mol. The maximum Gasteiger partial charge on any atom is 0.310 e. The molecule has 0 bridgehead atoms. The van der Waals surface area contributed by atoms with E-state index in [9.17, 15) is 29.1 Å². The van der Waals surface area contributed by atoms with E-state index in [-0.39, 0.29) is 30.7 Å². The van der Waals surface area contributed by atoms with Crippen LogP contribution in [0.25, 0.3) is 0 Å². The number of hydrogen-bond acceptors (Lipinski definition) is 11. The lowest BCUT2D eigenvalue weighted by Gasteiger charge is -2.31. The Bertz CT molecular complexity index is 1550. The third kappa shape index (κ3) is 13.3. The molecule has 0 amide bonds. The van der Waals surface area contributed by atoms with Crippen molar-refractivity contribution in [1.29, 1.82) is 0 Å². The van der Waals surface area contributed by atoms with E-state index in [0.717, 1.165) is 38.5 Å². The van der Waals surface area contributed by atoms with Crippen LogP contribution in [0.3, 0.4) is 0 Å². The number of ether oxygens (including phenoxy) is 5. The SMILES string of the molecule is CC(C)(C)OC(=O)CC1CCCCC[C@H]1C(=O)OCC(O)c1ccc(Oc2ccc(C(=O)COC(=O)C3CCCCC3C(=O)OC(C)(C)C)cc2)cc1. The predicted octanol–water partition coefficient (Wildman–Crippen LogP) is 7.86. The summed E-state index contributed by atoms with van der Waals surface area (Å²) < 4.78 is 27.9. The average Bonchev–Trinajstić information content (AvgIpc) is 3.33. The lowest BCUT2D eigenvalue weighted by atomic mass is 9.79. The molecule has 0 aliphatic heterocycles. The van der Waals surface area contributed by atoms with Gasteiger partial charge >= 0.3 is 23.9 Å². The molecule has 11 heteroatoms. The van der Waals surface area contributed by atoms with Crippen molar-refractivity contribution in [2.75, 3.05) is 13.2 Å². The van der Waals surface area contributed by atoms with E-state index in [1.807, 2.05) is 20.8 Å². The first-order valence-corrected chi connectivity index (χ1v) is 18.9. The zero-order valence-corrected chi connectivity index (χ0v) is 32.0. The van der Waals surface area contributed by atoms with Crippen molar-refractivity contribution in [2.45, 2.75) is 123 Å². The smallest absolute Gasteiger partial charge is 0.310 e. The Morgan fingerprint density at radius 2 is 1.15 bits per heavy atom. The molecule has 11 nitrogen and oxygen atoms in total. The number of carbonyl (C=O) groups is 5. The van der Waals surface area contributed by atoms with Gasteiger partial charge in [-0.15, -0.1) is 0 Å². The summed E-state index contributed by atoms with van der Waals surface area (Å²) in [5.41, 5.74) is -0.381. The van der Waals surface area contributed by atoms with Crippen LogP contribution in [0, 0.1) is 23.7 Å². The van der Waals surface area contributed by atoms with Gasteiger partial charge in [-0.25, -0.2) is 0 Å². The quantitative estimate of drug-likeness (QED) is 0.0926. The molecule has 0 spiro atoms. The standard InChI is InChI=1S/C42H56O11/c1-41(2,3)52-37(45)24-29-12-8-7-9-13-32(29)38(46)49-25-35(43)27-16-20-30(21-17-27)51-31-22-18-28(19-23-31)36(44)26-50-39(47)33-14-10-11-15-34(33)40(48)53-42(4,5)6/h16-23,29,32-35,43H,7-15,24-26H2,1-6H3/t29?,32-,33?,34?,35?/m1/s1. The van der Waals surface area contributed by atoms with Crippen molar-refractivity contribution < 1.29 is 52.8 Å². The Hall–Kier alpha value is -4.25. The van der Waals surface area contributed by atoms with Gasteiger partial charge in [0, 0.05) is 12.0 Å². The second kappa shape index (κ2) is 18.7. The van der Waals surface area contributed by atoms with Crippen LogP contribution < -0.4 is 4.74 Å². The van der Waals surface area contributed by atoms with Gasteiger partial charge in [0.05, 0.1) is 17.8 Å². The maximum atomic E-state index is 13.1. The van der Waals surface area contributed by atoms with Gasteiger partial charge in [0.2, 0.25) is 0 Å². The maximum absolute atomic E-state index is 13.1. The molecular formula is C42H56O11. The van der Waals surface area contributed by atoms with Gasteiger partial charge in [0.15, 0.2) is 12.4 Å². The van der Waals surface area contributed by atoms with E-state index in [1.54, 1.807) is 69.3 Å². The van der Waals surface area contributed by atoms with Crippen LogP contribution >= 0.6 is 0 Å². The highest BCUT2D eigenvalue weighted by atomic mass is 16.6. The van der Waals surface area contributed by atoms with Gasteiger partial charge in [-0.05, 0) is 115 Å². The fourth-order valence-electron chi connectivity index (χ4n) is 6.90. The van der Waals surface area contributed by atoms with Gasteiger partial charge in [-0.3, -0.25) is 24.0 Å². The molecule has 0 heterocycles. The fraction of sp³-hybridized carbons (Fsp3) is 0.595. The fourth-order valence-corrected chi connectivity index (χ4v) is 6.90. The molecule has 0 saturated heterocycles. The first kappa shape index (κ1) is 41.5. The monoisotopic (exact) mass is 736 g/mol. The minimum atomic E-state index is -1.05. The highest BCUT2D eigenvalue weighted by Crippen LogP contribution is 2.35. The van der Waals surface area contributed by atoms with Crippen LogP contribution in [0.2, 0.25) is 0 Å². The van der Waals surface area contributed by atoms with Gasteiger partial charge in [0.25, 0.3) is 0 Å². The molecule has 4 rings (SSSR count). The van der Waals surface area contributed by atoms with Crippen LogP contribution in [-0.4, -0.2) is 59.2 Å². The van der Waals surface area contributed by atoms with Crippen LogP contribution in [0.15, 0.2) is 48.5 Å². The second-order valence-corrected chi connectivity index (χ2v) is 16.2. The van der Waals surface area contributed by atoms with Crippen LogP contribution in [-0.2, 0) is 38.1 Å². The van der Waals surface area contributed by atoms with Gasteiger partial charge in [-0.2, -0.15) is 0 Å². The van der Waals surface area contributed by atoms with Crippen LogP contribution in [0.5, 0.6) is 11.5 Å². The first-order chi connectivity index (χ1) is 25.0. The van der Waals surface area contributed by atoms with E-state index in [1.165, 1.54) is 0 Å². The average molecular weight is 737 g/mol. The molecule has 2 aromatic rings. The molecule has 2 aliphatic carbocycles. The number of benzene rings is 2. The highest BCUT2D eigenvalue weighted by molar-refractivity contribution is 5.98. The number of esters is 4. The number of carbonyl (C=O) groups excluding carboxylic acids is 5. The first-order valence-electron chi connectivity index (χ1n) is 18.9. The summed E-state index contributed by atoms with van der Waals surface area (Å²) in [5, 5.41) is 10.8. The number of rotatable bonds is 13. The minimum absolute atomic E-state index is 0.162. The summed E-state index contributed by atoms with van der Waals surface area (Å²) in [6, 6.07) is 13.1. The molecule has 0 aromatic heterocycles. The second-order valence-electron chi connectivity index (χ2n) is 16.2. The summed E-state index contributed by atoms with van der Waals surface area (Å²) in [5.74, 6) is -2.95. The third-order valence-electron chi connectivity index (χ3n) is 9.49. The van der Waals surface area contributed by atoms with Gasteiger partial charge < -0.3 is 28.8 Å². The summed E-state index contributed by atoms with van der Waals surface area (Å²) in [6.45, 7) is 10.2. The number of hydrogen-bond donors (Lipinski definition) is 1. The Morgan fingerprint density at radius 3 is 1.75 bits per heavy atom. The zero-order chi connectivity index (χ0) is 38.8. The van der Waals surface area contributed by atoms with Crippen molar-refractivity contribution in [3.63, 3.8) is 0 Å². The molecule has 2 aliphatic rings. The molecule has 290 valence electrons. The molecule has 2 aromatic carbocycles. The topological polar surface area (TPSA) is 152 Å². The lowest BCUT2D eigenvalue weighted by Crippen LogP contribution is -2.38. The zero-order valence-electron chi connectivity index (χ0n) is 32.0. The third-order valence-corrected chi connectivity index (χ3v) is 9.49. The molecule has 2 saturated carbocycles. The molecule has 5 atom stereocenters. The highest BCUT2D eigenvalue weighted by Gasteiger charge is 2.39. The van der Waals surface area contributed by atoms with Crippen molar-refractivity contribution in [1.82, 2.24) is 0 Å². The van der Waals surface area contributed by atoms with Crippen LogP contribution in [0.4, 0.5) is 0 Å². The van der Waals surface area contributed by atoms with Crippen molar-refractivity contribution in [2.24, 2.45) is 23.7 Å². The summed E-state index contributed by atoms with van der Waals surface area (Å²) in [7, 11) is 0. The normalized spacial score (nSPS) is 21.3. The Morgan fingerprint density at radius 1 is 0.642 bits per heavy atom. The molecule has 1 N–H and O–H groups in total. The van der Waals surface area contributed by atoms with Crippen molar-refractivity contribution in [3.8, 4) is 11.5 Å². The summed E-state index contributed by atoms with van der Waals surface area (Å²) in [4.78, 5) is 64.1. The van der Waals surface area contributed by atoms with Gasteiger partial charge in [-0.1, -0.05) is 44.2 Å². The molecule has 0 radical (unpaired) electrons. The van der Waals surface area contributed by atoms with E-state index in [2.05, 4.69) is 0 Å². The Balaban J connectivity index is 1.24. The Labute approximate surface area is 313 Å². The minimum Gasteiger partial charge on any atom is -0.462 e.